The standard InChI is InChI=1S/C9H6N3O2/c13-9-8(12-14)7(10-11-9)6-4-2-1-3-5-6/h1-5H,(H,11,12,13). The van der Waals surface area contributed by atoms with Crippen molar-refractivity contribution in [1.29, 1.82) is 0 Å². The van der Waals surface area contributed by atoms with E-state index in [0.29, 0.717) is 11.3 Å². The van der Waals surface area contributed by atoms with Crippen LogP contribution in [0.15, 0.2) is 40.6 Å². The predicted molar refractivity (Wildman–Crippen MR) is 49.2 cm³/mol. The van der Waals surface area contributed by atoms with Crippen molar-refractivity contribution in [2.45, 2.75) is 0 Å². The quantitative estimate of drug-likeness (QED) is 0.632. The molecule has 0 fully saturated rings. The first-order valence-electron chi connectivity index (χ1n) is 3.97. The fraction of sp³-hybridized carbons (Fsp3) is 0. The van der Waals surface area contributed by atoms with Crippen molar-refractivity contribution in [3.8, 4) is 0 Å². The van der Waals surface area contributed by atoms with E-state index in [2.05, 4.69) is 15.7 Å². The molecule has 1 aromatic rings. The third-order valence-electron chi connectivity index (χ3n) is 1.85. The lowest BCUT2D eigenvalue weighted by Crippen LogP contribution is -2.23. The maximum Gasteiger partial charge on any atom is 0.295 e. The number of nitrogens with zero attached hydrogens (tertiary/aromatic N) is 2. The Hall–Kier alpha value is -2.17. The smallest absolute Gasteiger partial charge is 0.265 e. The molecule has 1 N–H and O–H groups in total. The molecule has 1 radical (unpaired) electrons. The van der Waals surface area contributed by atoms with Crippen molar-refractivity contribution >= 4 is 17.3 Å². The molecule has 1 aliphatic heterocycles. The third kappa shape index (κ3) is 1.24. The number of nitrogens with one attached hydrogen (secondary N) is 1. The van der Waals surface area contributed by atoms with Crippen LogP contribution in [0.4, 0.5) is 0 Å². The molecule has 0 atom stereocenters. The van der Waals surface area contributed by atoms with E-state index in [1.165, 1.54) is 0 Å². The van der Waals surface area contributed by atoms with E-state index >= 15 is 0 Å². The predicted octanol–water partition coefficient (Wildman–Crippen LogP) is 0.307. The molecule has 1 aromatic carbocycles. The van der Waals surface area contributed by atoms with Crippen LogP contribution in [-0.4, -0.2) is 17.3 Å². The number of amides is 1. The van der Waals surface area contributed by atoms with Gasteiger partial charge in [0.2, 0.25) is 5.71 Å². The third-order valence-corrected chi connectivity index (χ3v) is 1.85. The first kappa shape index (κ1) is 8.43. The topological polar surface area (TPSA) is 73.7 Å². The highest BCUT2D eigenvalue weighted by atomic mass is 16.4. The SMILES string of the molecule is [O]/N=C1/C(=O)NN=C1c1ccccc1. The van der Waals surface area contributed by atoms with Crippen LogP contribution in [0, 0.1) is 0 Å². The molecule has 0 aliphatic carbocycles. The first-order chi connectivity index (χ1) is 6.83. The van der Waals surface area contributed by atoms with Gasteiger partial charge in [0.25, 0.3) is 5.91 Å². The normalized spacial score (nSPS) is 18.1. The van der Waals surface area contributed by atoms with Gasteiger partial charge >= 0.3 is 0 Å². The molecule has 5 heteroatoms. The van der Waals surface area contributed by atoms with Crippen LogP contribution >= 0.6 is 0 Å². The Morgan fingerprint density at radius 3 is 2.57 bits per heavy atom. The summed E-state index contributed by atoms with van der Waals surface area (Å²) in [5, 5.41) is 16.7. The second-order valence-electron chi connectivity index (χ2n) is 2.71. The lowest BCUT2D eigenvalue weighted by molar-refractivity contribution is -0.114. The van der Waals surface area contributed by atoms with Crippen molar-refractivity contribution in [2.75, 3.05) is 0 Å². The zero-order chi connectivity index (χ0) is 9.97. The Morgan fingerprint density at radius 1 is 1.21 bits per heavy atom. The molecule has 5 nitrogen and oxygen atoms in total. The van der Waals surface area contributed by atoms with E-state index < -0.39 is 5.91 Å². The number of hydrazone groups is 1. The van der Waals surface area contributed by atoms with Crippen molar-refractivity contribution in [3.63, 3.8) is 0 Å². The number of carbonyl (C=O) groups excluding carboxylic acids is 1. The maximum atomic E-state index is 11.0. The molecule has 14 heavy (non-hydrogen) atoms. The van der Waals surface area contributed by atoms with Gasteiger partial charge in [-0.1, -0.05) is 30.3 Å². The number of hydrogen-bond acceptors (Lipinski definition) is 3. The zero-order valence-electron chi connectivity index (χ0n) is 7.10. The summed E-state index contributed by atoms with van der Waals surface area (Å²) in [5.41, 5.74) is 3.01. The summed E-state index contributed by atoms with van der Waals surface area (Å²) in [5.74, 6) is -0.557. The van der Waals surface area contributed by atoms with Crippen LogP contribution in [0.1, 0.15) is 5.56 Å². The minimum absolute atomic E-state index is 0.170. The minimum Gasteiger partial charge on any atom is -0.265 e. The van der Waals surface area contributed by atoms with Gasteiger partial charge in [0.15, 0.2) is 0 Å². The van der Waals surface area contributed by atoms with Gasteiger partial charge in [-0.2, -0.15) is 5.10 Å². The number of benzene rings is 1. The summed E-state index contributed by atoms with van der Waals surface area (Å²) in [6, 6.07) is 8.93. The summed E-state index contributed by atoms with van der Waals surface area (Å²) in [6.45, 7) is 0. The van der Waals surface area contributed by atoms with E-state index in [1.807, 2.05) is 6.07 Å². The Morgan fingerprint density at radius 2 is 1.93 bits per heavy atom. The Balaban J connectivity index is 2.42. The van der Waals surface area contributed by atoms with Gasteiger partial charge in [0.1, 0.15) is 5.71 Å². The molecule has 0 saturated heterocycles. The highest BCUT2D eigenvalue weighted by Gasteiger charge is 2.26. The summed E-state index contributed by atoms with van der Waals surface area (Å²) < 4.78 is 0. The lowest BCUT2D eigenvalue weighted by atomic mass is 10.1. The molecular weight excluding hydrogens is 182 g/mol. The van der Waals surface area contributed by atoms with Crippen LogP contribution in [0.25, 0.3) is 0 Å². The summed E-state index contributed by atoms with van der Waals surface area (Å²) in [4.78, 5) is 11.0. The van der Waals surface area contributed by atoms with Crippen molar-refractivity contribution in [2.24, 2.45) is 10.3 Å². The van der Waals surface area contributed by atoms with Crippen LogP contribution in [-0.2, 0) is 10.0 Å². The zero-order valence-corrected chi connectivity index (χ0v) is 7.10. The number of carbonyl (C=O) groups is 1. The molecule has 1 heterocycles. The second kappa shape index (κ2) is 3.29. The molecule has 69 valence electrons. The molecule has 0 unspecified atom stereocenters. The Labute approximate surface area is 79.7 Å². The Bertz CT molecular complexity index is 423. The number of rotatable bonds is 1. The van der Waals surface area contributed by atoms with Crippen LogP contribution < -0.4 is 5.43 Å². The van der Waals surface area contributed by atoms with Gasteiger partial charge in [0, 0.05) is 5.56 Å². The van der Waals surface area contributed by atoms with E-state index in [9.17, 15) is 10.0 Å². The molecule has 1 aliphatic rings. The summed E-state index contributed by atoms with van der Waals surface area (Å²) in [7, 11) is 0. The fourth-order valence-corrected chi connectivity index (χ4v) is 1.20. The Kier molecular flexibility index (Phi) is 1.98. The molecule has 0 spiro atoms. The largest absolute Gasteiger partial charge is 0.295 e. The number of hydrogen-bond donors (Lipinski definition) is 1. The second-order valence-corrected chi connectivity index (χ2v) is 2.71. The highest BCUT2D eigenvalue weighted by Crippen LogP contribution is 2.06. The highest BCUT2D eigenvalue weighted by molar-refractivity contribution is 6.71. The lowest BCUT2D eigenvalue weighted by Gasteiger charge is -1.96. The van der Waals surface area contributed by atoms with Crippen molar-refractivity contribution < 1.29 is 10.0 Å². The van der Waals surface area contributed by atoms with E-state index in [4.69, 9.17) is 0 Å². The van der Waals surface area contributed by atoms with Gasteiger partial charge in [-0.15, -0.1) is 5.21 Å². The van der Waals surface area contributed by atoms with Gasteiger partial charge in [-0.3, -0.25) is 4.79 Å². The maximum absolute atomic E-state index is 11.0. The molecule has 0 bridgehead atoms. The average molecular weight is 188 g/mol. The molecular formula is C9H6N3O2. The monoisotopic (exact) mass is 188 g/mol. The molecule has 0 saturated carbocycles. The summed E-state index contributed by atoms with van der Waals surface area (Å²) >= 11 is 0. The van der Waals surface area contributed by atoms with Gasteiger partial charge < -0.3 is 0 Å². The van der Waals surface area contributed by atoms with Crippen LogP contribution in [0.2, 0.25) is 0 Å². The van der Waals surface area contributed by atoms with Gasteiger partial charge in [-0.25, -0.2) is 5.43 Å². The van der Waals surface area contributed by atoms with Gasteiger partial charge in [-0.05, 0) is 5.16 Å². The van der Waals surface area contributed by atoms with Crippen LogP contribution in [0.5, 0.6) is 0 Å². The minimum atomic E-state index is -0.557. The first-order valence-corrected chi connectivity index (χ1v) is 3.97. The van der Waals surface area contributed by atoms with E-state index in [0.717, 1.165) is 0 Å². The van der Waals surface area contributed by atoms with E-state index in [1.54, 1.807) is 24.3 Å². The molecule has 1 amide bonds. The summed E-state index contributed by atoms with van der Waals surface area (Å²) in [6.07, 6.45) is 0. The van der Waals surface area contributed by atoms with E-state index in [-0.39, 0.29) is 5.71 Å². The molecule has 2 rings (SSSR count). The fourth-order valence-electron chi connectivity index (χ4n) is 1.20. The van der Waals surface area contributed by atoms with Crippen molar-refractivity contribution in [1.82, 2.24) is 5.43 Å². The average Bonchev–Trinajstić information content (AvgIpc) is 2.61. The van der Waals surface area contributed by atoms with Crippen LogP contribution in [0.3, 0.4) is 0 Å². The van der Waals surface area contributed by atoms with Crippen molar-refractivity contribution in [3.05, 3.63) is 35.9 Å². The molecule has 0 aromatic heterocycles. The van der Waals surface area contributed by atoms with Gasteiger partial charge in [0.05, 0.1) is 0 Å².